The van der Waals surface area contributed by atoms with E-state index in [0.29, 0.717) is 17.3 Å². The van der Waals surface area contributed by atoms with Crippen molar-refractivity contribution in [2.45, 2.75) is 31.9 Å². The van der Waals surface area contributed by atoms with Crippen molar-refractivity contribution in [2.75, 3.05) is 13.7 Å². The van der Waals surface area contributed by atoms with Crippen molar-refractivity contribution in [2.24, 2.45) is 0 Å². The fourth-order valence-electron chi connectivity index (χ4n) is 4.09. The molecule has 2 aromatic heterocycles. The Labute approximate surface area is 161 Å². The van der Waals surface area contributed by atoms with Gasteiger partial charge in [0.2, 0.25) is 0 Å². The molecule has 3 heterocycles. The normalized spacial score (nSPS) is 20.2. The number of pyridine rings is 1. The van der Waals surface area contributed by atoms with Gasteiger partial charge >= 0.3 is 0 Å². The van der Waals surface area contributed by atoms with E-state index in [1.165, 1.54) is 0 Å². The first-order chi connectivity index (χ1) is 13.0. The van der Waals surface area contributed by atoms with E-state index in [9.17, 15) is 8.78 Å². The van der Waals surface area contributed by atoms with Crippen molar-refractivity contribution in [3.63, 3.8) is 0 Å². The minimum atomic E-state index is -2.44. The largest absolute Gasteiger partial charge is 0.496 e. The smallest absolute Gasteiger partial charge is 0.251 e. The number of fused-ring (bicyclic) bond motifs is 3. The topological polar surface area (TPSA) is 41.1 Å². The Morgan fingerprint density at radius 3 is 2.89 bits per heavy atom. The lowest BCUT2D eigenvalue weighted by atomic mass is 9.89. The van der Waals surface area contributed by atoms with Crippen LogP contribution in [-0.2, 0) is 6.42 Å². The lowest BCUT2D eigenvalue weighted by Crippen LogP contribution is -2.45. The van der Waals surface area contributed by atoms with E-state index in [-0.39, 0.29) is 12.6 Å². The zero-order valence-electron chi connectivity index (χ0n) is 15.0. The molecule has 0 aliphatic carbocycles. The van der Waals surface area contributed by atoms with E-state index in [2.05, 4.69) is 16.0 Å². The van der Waals surface area contributed by atoms with Gasteiger partial charge in [-0.25, -0.2) is 13.8 Å². The lowest BCUT2D eigenvalue weighted by molar-refractivity contribution is 0.0449. The lowest BCUT2D eigenvalue weighted by Gasteiger charge is -2.41. The quantitative estimate of drug-likeness (QED) is 0.648. The predicted octanol–water partition coefficient (Wildman–Crippen LogP) is 4.83. The third kappa shape index (κ3) is 3.17. The highest BCUT2D eigenvalue weighted by atomic mass is 35.5. The number of hydrogen-bond acceptors (Lipinski definition) is 3. The van der Waals surface area contributed by atoms with Crippen molar-refractivity contribution in [3.8, 4) is 5.75 Å². The molecular formula is C20H20ClF2N3O. The molecule has 4 nitrogen and oxygen atoms in total. The molecule has 2 atom stereocenters. The highest BCUT2D eigenvalue weighted by Crippen LogP contribution is 2.43. The minimum absolute atomic E-state index is 0.0592. The fraction of sp³-hybridized carbons (Fsp3) is 0.350. The Kier molecular flexibility index (Phi) is 4.78. The summed E-state index contributed by atoms with van der Waals surface area (Å²) >= 11 is 6.02. The van der Waals surface area contributed by atoms with Gasteiger partial charge in [-0.05, 0) is 25.0 Å². The van der Waals surface area contributed by atoms with Gasteiger partial charge in [-0.2, -0.15) is 0 Å². The summed E-state index contributed by atoms with van der Waals surface area (Å²) in [5.41, 5.74) is 3.80. The number of ether oxygens (including phenoxy) is 1. The van der Waals surface area contributed by atoms with Crippen LogP contribution in [-0.4, -0.2) is 41.0 Å². The maximum Gasteiger partial charge on any atom is 0.251 e. The molecule has 0 spiro atoms. The number of rotatable bonds is 4. The van der Waals surface area contributed by atoms with E-state index in [4.69, 9.17) is 16.3 Å². The van der Waals surface area contributed by atoms with Crippen LogP contribution in [0.2, 0.25) is 5.15 Å². The van der Waals surface area contributed by atoms with Crippen molar-refractivity contribution in [1.82, 2.24) is 14.9 Å². The van der Waals surface area contributed by atoms with Gasteiger partial charge in [-0.1, -0.05) is 29.8 Å². The monoisotopic (exact) mass is 391 g/mol. The summed E-state index contributed by atoms with van der Waals surface area (Å²) in [7, 11) is 1.55. The Morgan fingerprint density at radius 2 is 2.15 bits per heavy atom. The summed E-state index contributed by atoms with van der Waals surface area (Å²) < 4.78 is 32.3. The second kappa shape index (κ2) is 7.09. The molecular weight excluding hydrogens is 372 g/mol. The number of aromatic amines is 1. The zero-order valence-corrected chi connectivity index (χ0v) is 15.8. The molecule has 0 radical (unpaired) electrons. The Morgan fingerprint density at radius 1 is 1.37 bits per heavy atom. The van der Waals surface area contributed by atoms with Crippen LogP contribution < -0.4 is 4.74 Å². The molecule has 1 N–H and O–H groups in total. The van der Waals surface area contributed by atoms with E-state index < -0.39 is 12.5 Å². The molecule has 0 saturated heterocycles. The minimum Gasteiger partial charge on any atom is -0.496 e. The number of nitrogens with zero attached hydrogens (tertiary/aromatic N) is 2. The van der Waals surface area contributed by atoms with Gasteiger partial charge in [0.1, 0.15) is 10.9 Å². The van der Waals surface area contributed by atoms with Crippen LogP contribution in [0.1, 0.15) is 29.8 Å². The summed E-state index contributed by atoms with van der Waals surface area (Å²) in [5.74, 6) is 0.540. The Balaban J connectivity index is 1.94. The van der Waals surface area contributed by atoms with Gasteiger partial charge in [0.15, 0.2) is 0 Å². The van der Waals surface area contributed by atoms with Crippen molar-refractivity contribution in [3.05, 3.63) is 58.5 Å². The predicted molar refractivity (Wildman–Crippen MR) is 102 cm³/mol. The van der Waals surface area contributed by atoms with Gasteiger partial charge < -0.3 is 9.72 Å². The van der Waals surface area contributed by atoms with Crippen LogP contribution in [0.25, 0.3) is 10.9 Å². The number of benzene rings is 1. The fourth-order valence-corrected chi connectivity index (χ4v) is 4.24. The number of halogens is 3. The van der Waals surface area contributed by atoms with Crippen LogP contribution in [0.15, 0.2) is 36.5 Å². The SMILES string of the molecule is COc1cc(Cl)ncc1[C@@H]1c2[nH]c3ccccc3c2C[C@@H](C)N1CC(F)F. The van der Waals surface area contributed by atoms with E-state index in [1.54, 1.807) is 19.4 Å². The van der Waals surface area contributed by atoms with Crippen molar-refractivity contribution < 1.29 is 13.5 Å². The molecule has 27 heavy (non-hydrogen) atoms. The van der Waals surface area contributed by atoms with Crippen LogP contribution in [0.5, 0.6) is 5.75 Å². The van der Waals surface area contributed by atoms with Gasteiger partial charge in [-0.3, -0.25) is 4.90 Å². The third-order valence-corrected chi connectivity index (χ3v) is 5.45. The van der Waals surface area contributed by atoms with Gasteiger partial charge in [-0.15, -0.1) is 0 Å². The van der Waals surface area contributed by atoms with Gasteiger partial charge in [0, 0.05) is 40.5 Å². The van der Waals surface area contributed by atoms with E-state index >= 15 is 0 Å². The molecule has 0 amide bonds. The summed E-state index contributed by atoms with van der Waals surface area (Å²) in [5, 5.41) is 1.43. The average Bonchev–Trinajstić information content (AvgIpc) is 3.00. The molecule has 7 heteroatoms. The molecule has 1 aliphatic heterocycles. The first kappa shape index (κ1) is 18.2. The van der Waals surface area contributed by atoms with E-state index in [1.807, 2.05) is 30.0 Å². The molecule has 0 saturated carbocycles. The van der Waals surface area contributed by atoms with E-state index in [0.717, 1.165) is 27.7 Å². The molecule has 1 aliphatic rings. The highest BCUT2D eigenvalue weighted by Gasteiger charge is 2.38. The summed E-state index contributed by atoms with van der Waals surface area (Å²) in [6, 6.07) is 9.18. The molecule has 142 valence electrons. The molecule has 0 fully saturated rings. The van der Waals surface area contributed by atoms with Crippen LogP contribution in [0, 0.1) is 0 Å². The van der Waals surface area contributed by atoms with Crippen molar-refractivity contribution >= 4 is 22.5 Å². The number of nitrogens with one attached hydrogen (secondary N) is 1. The molecule has 3 aromatic rings. The maximum absolute atomic E-state index is 13.4. The first-order valence-corrected chi connectivity index (χ1v) is 9.20. The van der Waals surface area contributed by atoms with Crippen LogP contribution in [0.3, 0.4) is 0 Å². The highest BCUT2D eigenvalue weighted by molar-refractivity contribution is 6.29. The Hall–Kier alpha value is -2.18. The number of H-pyrrole nitrogens is 1. The van der Waals surface area contributed by atoms with Crippen LogP contribution in [0.4, 0.5) is 8.78 Å². The van der Waals surface area contributed by atoms with Crippen molar-refractivity contribution in [1.29, 1.82) is 0 Å². The first-order valence-electron chi connectivity index (χ1n) is 8.82. The zero-order chi connectivity index (χ0) is 19.1. The Bertz CT molecular complexity index is 975. The molecule has 0 bridgehead atoms. The second-order valence-corrected chi connectivity index (χ2v) is 7.24. The summed E-state index contributed by atoms with van der Waals surface area (Å²) in [6.45, 7) is 1.66. The van der Waals surface area contributed by atoms with Gasteiger partial charge in [0.25, 0.3) is 6.43 Å². The second-order valence-electron chi connectivity index (χ2n) is 6.86. The molecule has 4 rings (SSSR count). The van der Waals surface area contributed by atoms with Gasteiger partial charge in [0.05, 0.1) is 19.7 Å². The molecule has 0 unspecified atom stereocenters. The number of methoxy groups -OCH3 is 1. The average molecular weight is 392 g/mol. The standard InChI is InChI=1S/C20H20ClF2N3O/c1-11-7-13-12-5-3-4-6-15(12)25-19(13)20(26(11)10-18(22)23)14-9-24-17(21)8-16(14)27-2/h3-6,8-9,11,18,20,25H,7,10H2,1-2H3/t11-,20-/m1/s1. The number of alkyl halides is 2. The number of aromatic nitrogens is 2. The summed E-state index contributed by atoms with van der Waals surface area (Å²) in [4.78, 5) is 9.45. The molecule has 1 aromatic carbocycles. The summed E-state index contributed by atoms with van der Waals surface area (Å²) in [6.07, 6.45) is -0.115. The maximum atomic E-state index is 13.4. The number of hydrogen-bond donors (Lipinski definition) is 1. The van der Waals surface area contributed by atoms with Crippen LogP contribution >= 0.6 is 11.6 Å². The number of para-hydroxylation sites is 1. The third-order valence-electron chi connectivity index (χ3n) is 5.24.